The minimum Gasteiger partial charge on any atom is -0.488 e. The summed E-state index contributed by atoms with van der Waals surface area (Å²) in [5.74, 6) is 0.430. The highest BCUT2D eigenvalue weighted by atomic mass is 32.1. The van der Waals surface area contributed by atoms with Crippen molar-refractivity contribution in [2.75, 3.05) is 12.5 Å². The van der Waals surface area contributed by atoms with Crippen molar-refractivity contribution >= 4 is 28.7 Å². The molecule has 0 saturated carbocycles. The summed E-state index contributed by atoms with van der Waals surface area (Å²) < 4.78 is 10.6. The van der Waals surface area contributed by atoms with Crippen molar-refractivity contribution in [2.45, 2.75) is 20.0 Å². The third kappa shape index (κ3) is 5.65. The van der Waals surface area contributed by atoms with Gasteiger partial charge in [0.15, 0.2) is 0 Å². The van der Waals surface area contributed by atoms with Crippen LogP contribution < -0.4 is 10.2 Å². The average molecular weight is 395 g/mol. The Labute approximate surface area is 167 Å². The van der Waals surface area contributed by atoms with Crippen LogP contribution in [0, 0.1) is 6.92 Å². The number of para-hydroxylation sites is 1. The number of aromatic nitrogens is 1. The van der Waals surface area contributed by atoms with Crippen LogP contribution in [0.15, 0.2) is 59.0 Å². The lowest BCUT2D eigenvalue weighted by atomic mass is 10.1. The van der Waals surface area contributed by atoms with E-state index in [2.05, 4.69) is 51.4 Å². The number of hydrogen-bond donors (Lipinski definition) is 1. The van der Waals surface area contributed by atoms with E-state index in [4.69, 9.17) is 4.74 Å². The normalized spacial score (nSPS) is 10.8. The van der Waals surface area contributed by atoms with E-state index in [1.54, 1.807) is 11.6 Å². The number of thiazole rings is 1. The Morgan fingerprint density at radius 2 is 2.00 bits per heavy atom. The molecule has 6 nitrogen and oxygen atoms in total. The van der Waals surface area contributed by atoms with Gasteiger partial charge in [0.2, 0.25) is 5.13 Å². The van der Waals surface area contributed by atoms with Crippen LogP contribution in [-0.2, 0) is 22.6 Å². The standard InChI is InChI=1S/C21H21N3O3S/c1-15-7-9-16(10-8-15)13-27-19-6-4-3-5-17(19)12-22-24-21-23-18(14-28-21)11-20(25)26-2/h3-10,12,14H,11,13H2,1-2H3,(H,23,24)/b22-12-. The summed E-state index contributed by atoms with van der Waals surface area (Å²) in [6, 6.07) is 15.9. The second-order valence-corrected chi connectivity index (χ2v) is 6.94. The molecule has 0 fully saturated rings. The molecule has 1 aromatic heterocycles. The van der Waals surface area contributed by atoms with Crippen LogP contribution in [0.3, 0.4) is 0 Å². The summed E-state index contributed by atoms with van der Waals surface area (Å²) in [7, 11) is 1.36. The zero-order valence-corrected chi connectivity index (χ0v) is 16.5. The van der Waals surface area contributed by atoms with Crippen LogP contribution in [0.4, 0.5) is 5.13 Å². The number of nitrogens with one attached hydrogen (secondary N) is 1. The zero-order chi connectivity index (χ0) is 19.8. The van der Waals surface area contributed by atoms with Crippen LogP contribution in [0.2, 0.25) is 0 Å². The molecule has 7 heteroatoms. The van der Waals surface area contributed by atoms with Crippen LogP contribution >= 0.6 is 11.3 Å². The Hall–Kier alpha value is -3.19. The predicted octanol–water partition coefficient (Wildman–Crippen LogP) is 4.19. The van der Waals surface area contributed by atoms with Gasteiger partial charge >= 0.3 is 5.97 Å². The Morgan fingerprint density at radius 1 is 1.21 bits per heavy atom. The molecule has 3 rings (SSSR count). The summed E-state index contributed by atoms with van der Waals surface area (Å²) in [5.41, 5.74) is 6.72. The second-order valence-electron chi connectivity index (χ2n) is 6.08. The number of hydrazone groups is 1. The molecule has 0 saturated heterocycles. The maximum Gasteiger partial charge on any atom is 0.311 e. The Kier molecular flexibility index (Phi) is 6.75. The van der Waals surface area contributed by atoms with Crippen LogP contribution in [0.5, 0.6) is 5.75 Å². The largest absolute Gasteiger partial charge is 0.488 e. The van der Waals surface area contributed by atoms with E-state index < -0.39 is 0 Å². The molecule has 2 aromatic carbocycles. The molecule has 144 valence electrons. The average Bonchev–Trinajstić information content (AvgIpc) is 3.15. The van der Waals surface area contributed by atoms with Gasteiger partial charge in [0.1, 0.15) is 12.4 Å². The summed E-state index contributed by atoms with van der Waals surface area (Å²) >= 11 is 1.38. The van der Waals surface area contributed by atoms with E-state index in [-0.39, 0.29) is 12.4 Å². The number of rotatable bonds is 8. The first-order valence-corrected chi connectivity index (χ1v) is 9.59. The smallest absolute Gasteiger partial charge is 0.311 e. The highest BCUT2D eigenvalue weighted by molar-refractivity contribution is 7.13. The number of carbonyl (C=O) groups is 1. The fourth-order valence-electron chi connectivity index (χ4n) is 2.38. The van der Waals surface area contributed by atoms with Gasteiger partial charge in [-0.25, -0.2) is 4.98 Å². The van der Waals surface area contributed by atoms with E-state index in [1.165, 1.54) is 24.0 Å². The Bertz CT molecular complexity index is 952. The van der Waals surface area contributed by atoms with Gasteiger partial charge in [0, 0.05) is 10.9 Å². The molecule has 28 heavy (non-hydrogen) atoms. The number of hydrogen-bond acceptors (Lipinski definition) is 7. The van der Waals surface area contributed by atoms with Gasteiger partial charge < -0.3 is 9.47 Å². The van der Waals surface area contributed by atoms with Gasteiger partial charge in [0.05, 0.1) is 25.4 Å². The van der Waals surface area contributed by atoms with Gasteiger partial charge in [-0.1, -0.05) is 42.0 Å². The second kappa shape index (κ2) is 9.66. The van der Waals surface area contributed by atoms with Crippen molar-refractivity contribution in [2.24, 2.45) is 5.10 Å². The van der Waals surface area contributed by atoms with Crippen molar-refractivity contribution < 1.29 is 14.3 Å². The van der Waals surface area contributed by atoms with E-state index in [0.29, 0.717) is 17.4 Å². The summed E-state index contributed by atoms with van der Waals surface area (Å²) in [6.07, 6.45) is 1.83. The summed E-state index contributed by atoms with van der Waals surface area (Å²) in [5, 5.41) is 6.63. The summed E-state index contributed by atoms with van der Waals surface area (Å²) in [4.78, 5) is 15.6. The molecule has 0 unspecified atom stereocenters. The number of esters is 1. The van der Waals surface area contributed by atoms with E-state index in [0.717, 1.165) is 16.9 Å². The van der Waals surface area contributed by atoms with Gasteiger partial charge in [-0.15, -0.1) is 11.3 Å². The third-order valence-corrected chi connectivity index (χ3v) is 4.70. The first-order chi connectivity index (χ1) is 13.6. The lowest BCUT2D eigenvalue weighted by Gasteiger charge is -2.09. The lowest BCUT2D eigenvalue weighted by molar-refractivity contribution is -0.139. The zero-order valence-electron chi connectivity index (χ0n) is 15.7. The van der Waals surface area contributed by atoms with E-state index >= 15 is 0 Å². The number of methoxy groups -OCH3 is 1. The monoisotopic (exact) mass is 395 g/mol. The molecular formula is C21H21N3O3S. The molecule has 3 aromatic rings. The molecule has 0 aliphatic carbocycles. The molecule has 0 bridgehead atoms. The third-order valence-electron chi connectivity index (χ3n) is 3.90. The fraction of sp³-hybridized carbons (Fsp3) is 0.190. The first kappa shape index (κ1) is 19.6. The van der Waals surface area contributed by atoms with Crippen LogP contribution in [-0.4, -0.2) is 24.3 Å². The SMILES string of the molecule is COC(=O)Cc1csc(N/N=C\c2ccccc2OCc2ccc(C)cc2)n1. The number of carbonyl (C=O) groups excluding carboxylic acids is 1. The fourth-order valence-corrected chi connectivity index (χ4v) is 3.04. The van der Waals surface area contributed by atoms with Crippen molar-refractivity contribution in [1.29, 1.82) is 0 Å². The predicted molar refractivity (Wildman–Crippen MR) is 111 cm³/mol. The molecule has 1 N–H and O–H groups in total. The van der Waals surface area contributed by atoms with Gasteiger partial charge in [-0.05, 0) is 24.6 Å². The maximum absolute atomic E-state index is 11.3. The first-order valence-electron chi connectivity index (χ1n) is 8.71. The van der Waals surface area contributed by atoms with Crippen LogP contribution in [0.25, 0.3) is 0 Å². The van der Waals surface area contributed by atoms with E-state index in [9.17, 15) is 4.79 Å². The minimum atomic E-state index is -0.319. The molecule has 0 atom stereocenters. The number of benzene rings is 2. The number of nitrogens with zero attached hydrogens (tertiary/aromatic N) is 2. The highest BCUT2D eigenvalue weighted by Gasteiger charge is 2.07. The molecule has 0 aliphatic rings. The van der Waals surface area contributed by atoms with Crippen LogP contribution in [0.1, 0.15) is 22.4 Å². The van der Waals surface area contributed by atoms with Gasteiger partial charge in [0.25, 0.3) is 0 Å². The minimum absolute atomic E-state index is 0.147. The lowest BCUT2D eigenvalue weighted by Crippen LogP contribution is -2.04. The molecule has 0 radical (unpaired) electrons. The summed E-state index contributed by atoms with van der Waals surface area (Å²) in [6.45, 7) is 2.55. The number of aryl methyl sites for hydroxylation is 1. The Balaban J connectivity index is 1.59. The van der Waals surface area contributed by atoms with Gasteiger partial charge in [-0.3, -0.25) is 10.2 Å². The Morgan fingerprint density at radius 3 is 2.79 bits per heavy atom. The van der Waals surface area contributed by atoms with Crippen molar-refractivity contribution in [3.63, 3.8) is 0 Å². The van der Waals surface area contributed by atoms with Crippen molar-refractivity contribution in [3.8, 4) is 5.75 Å². The topological polar surface area (TPSA) is 72.8 Å². The quantitative estimate of drug-likeness (QED) is 0.352. The highest BCUT2D eigenvalue weighted by Crippen LogP contribution is 2.19. The molecule has 0 amide bonds. The van der Waals surface area contributed by atoms with Gasteiger partial charge in [-0.2, -0.15) is 5.10 Å². The molecule has 0 aliphatic heterocycles. The van der Waals surface area contributed by atoms with E-state index in [1.807, 2.05) is 24.3 Å². The molecular weight excluding hydrogens is 374 g/mol. The number of ether oxygens (including phenoxy) is 2. The number of anilines is 1. The maximum atomic E-state index is 11.3. The molecule has 1 heterocycles. The molecule has 0 spiro atoms. The van der Waals surface area contributed by atoms with Crippen molar-refractivity contribution in [3.05, 3.63) is 76.3 Å². The van der Waals surface area contributed by atoms with Crippen molar-refractivity contribution in [1.82, 2.24) is 4.98 Å².